The molecule has 0 spiro atoms. The van der Waals surface area contributed by atoms with E-state index >= 15 is 0 Å². The van der Waals surface area contributed by atoms with Gasteiger partial charge in [-0.2, -0.15) is 0 Å². The molecule has 1 aliphatic heterocycles. The molecule has 29 heavy (non-hydrogen) atoms. The number of ether oxygens (including phenoxy) is 1. The van der Waals surface area contributed by atoms with Gasteiger partial charge in [-0.3, -0.25) is 4.79 Å². The van der Waals surface area contributed by atoms with Gasteiger partial charge < -0.3 is 15.0 Å². The summed E-state index contributed by atoms with van der Waals surface area (Å²) in [6.07, 6.45) is 4.61. The summed E-state index contributed by atoms with van der Waals surface area (Å²) in [5.41, 5.74) is 4.26. The second-order valence-corrected chi connectivity index (χ2v) is 7.15. The fourth-order valence-electron chi connectivity index (χ4n) is 3.70. The Hall–Kier alpha value is -3.34. The van der Waals surface area contributed by atoms with Crippen molar-refractivity contribution < 1.29 is 9.53 Å². The van der Waals surface area contributed by atoms with Crippen LogP contribution in [-0.4, -0.2) is 31.1 Å². The summed E-state index contributed by atoms with van der Waals surface area (Å²) in [6, 6.07) is 20.1. The molecular weight excluding hydrogens is 362 g/mol. The zero-order valence-corrected chi connectivity index (χ0v) is 16.6. The zero-order chi connectivity index (χ0) is 20.1. The van der Waals surface area contributed by atoms with Crippen LogP contribution in [0, 0.1) is 0 Å². The van der Waals surface area contributed by atoms with Crippen LogP contribution >= 0.6 is 0 Å². The molecule has 0 unspecified atom stereocenters. The number of nitrogens with one attached hydrogen (secondary N) is 1. The van der Waals surface area contributed by atoms with Crippen molar-refractivity contribution in [2.24, 2.45) is 0 Å². The molecule has 2 heterocycles. The largest absolute Gasteiger partial charge is 0.497 e. The van der Waals surface area contributed by atoms with Crippen molar-refractivity contribution in [3.8, 4) is 5.75 Å². The average Bonchev–Trinajstić information content (AvgIpc) is 2.79. The molecule has 0 saturated carbocycles. The number of fused-ring (bicyclic) bond motifs is 1. The maximum Gasteiger partial charge on any atom is 0.252 e. The van der Waals surface area contributed by atoms with Gasteiger partial charge in [0, 0.05) is 25.0 Å². The van der Waals surface area contributed by atoms with Gasteiger partial charge in [-0.25, -0.2) is 4.98 Å². The lowest BCUT2D eigenvalue weighted by atomic mass is 10.0. The van der Waals surface area contributed by atoms with Crippen molar-refractivity contribution >= 4 is 17.4 Å². The van der Waals surface area contributed by atoms with Crippen LogP contribution in [0.3, 0.4) is 0 Å². The minimum absolute atomic E-state index is 0.106. The Bertz CT molecular complexity index is 985. The standard InChI is InChI=1S/C24H25N3O2/c1-29-21-9-4-6-18(16-21)13-14-25-24(28)20-11-12-23(26-17-20)27-15-5-8-19-7-2-3-10-22(19)27/h2-4,6-7,9-12,16-17H,5,8,13-15H2,1H3,(H,25,28). The highest BCUT2D eigenvalue weighted by Gasteiger charge is 2.18. The minimum Gasteiger partial charge on any atom is -0.497 e. The van der Waals surface area contributed by atoms with E-state index < -0.39 is 0 Å². The van der Waals surface area contributed by atoms with Crippen molar-refractivity contribution in [2.45, 2.75) is 19.3 Å². The van der Waals surface area contributed by atoms with Crippen molar-refractivity contribution in [3.63, 3.8) is 0 Å². The third-order valence-electron chi connectivity index (χ3n) is 5.23. The van der Waals surface area contributed by atoms with E-state index in [1.54, 1.807) is 13.3 Å². The third kappa shape index (κ3) is 4.40. The zero-order valence-electron chi connectivity index (χ0n) is 16.6. The molecule has 0 aliphatic carbocycles. The number of para-hydroxylation sites is 1. The second kappa shape index (κ2) is 8.78. The summed E-state index contributed by atoms with van der Waals surface area (Å²) < 4.78 is 5.24. The van der Waals surface area contributed by atoms with Crippen LogP contribution in [0.15, 0.2) is 66.9 Å². The van der Waals surface area contributed by atoms with Crippen LogP contribution in [-0.2, 0) is 12.8 Å². The van der Waals surface area contributed by atoms with E-state index in [0.717, 1.165) is 42.9 Å². The van der Waals surface area contributed by atoms with Gasteiger partial charge in [0.25, 0.3) is 5.91 Å². The van der Waals surface area contributed by atoms with Gasteiger partial charge in [0.15, 0.2) is 0 Å². The molecule has 1 N–H and O–H groups in total. The molecule has 0 radical (unpaired) electrons. The topological polar surface area (TPSA) is 54.5 Å². The molecule has 5 nitrogen and oxygen atoms in total. The van der Waals surface area contributed by atoms with E-state index in [4.69, 9.17) is 4.74 Å². The smallest absolute Gasteiger partial charge is 0.252 e. The van der Waals surface area contributed by atoms with Crippen LogP contribution < -0.4 is 15.0 Å². The lowest BCUT2D eigenvalue weighted by Gasteiger charge is -2.30. The van der Waals surface area contributed by atoms with Gasteiger partial charge in [-0.1, -0.05) is 30.3 Å². The van der Waals surface area contributed by atoms with E-state index in [-0.39, 0.29) is 5.91 Å². The summed E-state index contributed by atoms with van der Waals surface area (Å²) in [6.45, 7) is 1.50. The molecule has 0 bridgehead atoms. The van der Waals surface area contributed by atoms with Crippen molar-refractivity contribution in [2.75, 3.05) is 25.1 Å². The quantitative estimate of drug-likeness (QED) is 0.690. The summed E-state index contributed by atoms with van der Waals surface area (Å²) >= 11 is 0. The molecule has 1 aliphatic rings. The molecule has 1 aromatic heterocycles. The number of hydrogen-bond donors (Lipinski definition) is 1. The van der Waals surface area contributed by atoms with Crippen molar-refractivity contribution in [1.82, 2.24) is 10.3 Å². The number of aryl methyl sites for hydroxylation is 1. The van der Waals surface area contributed by atoms with Crippen LogP contribution in [0.5, 0.6) is 5.75 Å². The molecule has 1 amide bonds. The van der Waals surface area contributed by atoms with E-state index in [2.05, 4.69) is 39.5 Å². The maximum atomic E-state index is 12.5. The molecule has 0 atom stereocenters. The van der Waals surface area contributed by atoms with Crippen molar-refractivity contribution in [3.05, 3.63) is 83.6 Å². The fourth-order valence-corrected chi connectivity index (χ4v) is 3.70. The van der Waals surface area contributed by atoms with Gasteiger partial charge in [-0.15, -0.1) is 0 Å². The Morgan fingerprint density at radius 3 is 2.86 bits per heavy atom. The van der Waals surface area contributed by atoms with Gasteiger partial charge in [0.2, 0.25) is 0 Å². The summed E-state index contributed by atoms with van der Waals surface area (Å²) in [5, 5.41) is 2.97. The first-order chi connectivity index (χ1) is 14.2. The second-order valence-electron chi connectivity index (χ2n) is 7.15. The normalized spacial score (nSPS) is 12.9. The van der Waals surface area contributed by atoms with Crippen LogP contribution in [0.4, 0.5) is 11.5 Å². The number of rotatable bonds is 6. The number of anilines is 2. The molecule has 0 saturated heterocycles. The first-order valence-electron chi connectivity index (χ1n) is 9.97. The summed E-state index contributed by atoms with van der Waals surface area (Å²) in [7, 11) is 1.65. The first-order valence-corrected chi connectivity index (χ1v) is 9.97. The van der Waals surface area contributed by atoms with E-state index in [1.807, 2.05) is 36.4 Å². The Morgan fingerprint density at radius 2 is 2.03 bits per heavy atom. The maximum absolute atomic E-state index is 12.5. The molecular formula is C24H25N3O2. The Balaban J connectivity index is 1.37. The van der Waals surface area contributed by atoms with Gasteiger partial charge in [0.05, 0.1) is 12.7 Å². The fraction of sp³-hybridized carbons (Fsp3) is 0.250. The monoisotopic (exact) mass is 387 g/mol. The molecule has 0 fully saturated rings. The average molecular weight is 387 g/mol. The Morgan fingerprint density at radius 1 is 1.14 bits per heavy atom. The van der Waals surface area contributed by atoms with Crippen molar-refractivity contribution in [1.29, 1.82) is 0 Å². The highest BCUT2D eigenvalue weighted by atomic mass is 16.5. The molecule has 2 aromatic carbocycles. The Kier molecular flexibility index (Phi) is 5.75. The highest BCUT2D eigenvalue weighted by Crippen LogP contribution is 2.32. The van der Waals surface area contributed by atoms with Crippen LogP contribution in [0.25, 0.3) is 0 Å². The highest BCUT2D eigenvalue weighted by molar-refractivity contribution is 5.94. The van der Waals surface area contributed by atoms with E-state index in [9.17, 15) is 4.79 Å². The Labute approximate surface area is 171 Å². The van der Waals surface area contributed by atoms with Gasteiger partial charge in [-0.05, 0) is 60.7 Å². The predicted molar refractivity (Wildman–Crippen MR) is 115 cm³/mol. The number of aromatic nitrogens is 1. The number of pyridine rings is 1. The van der Waals surface area contributed by atoms with Gasteiger partial charge >= 0.3 is 0 Å². The SMILES string of the molecule is COc1cccc(CCNC(=O)c2ccc(N3CCCc4ccccc43)nc2)c1. The lowest BCUT2D eigenvalue weighted by molar-refractivity contribution is 0.0954. The number of amides is 1. The number of carbonyl (C=O) groups excluding carboxylic acids is 1. The number of nitrogens with zero attached hydrogens (tertiary/aromatic N) is 2. The van der Waals surface area contributed by atoms with Gasteiger partial charge in [0.1, 0.15) is 11.6 Å². The number of carbonyl (C=O) groups is 1. The summed E-state index contributed by atoms with van der Waals surface area (Å²) in [5.74, 6) is 1.60. The molecule has 4 rings (SSSR count). The molecule has 3 aromatic rings. The number of methoxy groups -OCH3 is 1. The predicted octanol–water partition coefficient (Wildman–Crippen LogP) is 4.15. The minimum atomic E-state index is -0.106. The first kappa shape index (κ1) is 19.0. The van der Waals surface area contributed by atoms with Crippen LogP contribution in [0.1, 0.15) is 27.9 Å². The van der Waals surface area contributed by atoms with E-state index in [0.29, 0.717) is 12.1 Å². The van der Waals surface area contributed by atoms with E-state index in [1.165, 1.54) is 11.3 Å². The number of benzene rings is 2. The molecule has 5 heteroatoms. The third-order valence-corrected chi connectivity index (χ3v) is 5.23. The number of hydrogen-bond acceptors (Lipinski definition) is 4. The lowest BCUT2D eigenvalue weighted by Crippen LogP contribution is -2.27. The summed E-state index contributed by atoms with van der Waals surface area (Å²) in [4.78, 5) is 19.2. The molecule has 148 valence electrons. The van der Waals surface area contributed by atoms with Crippen LogP contribution in [0.2, 0.25) is 0 Å².